The first-order chi connectivity index (χ1) is 10.9. The van der Waals surface area contributed by atoms with Gasteiger partial charge in [0, 0.05) is 15.6 Å². The van der Waals surface area contributed by atoms with Crippen molar-refractivity contribution in [2.45, 2.75) is 6.92 Å². The Morgan fingerprint density at radius 2 is 1.78 bits per heavy atom. The van der Waals surface area contributed by atoms with E-state index in [9.17, 15) is 9.59 Å². The van der Waals surface area contributed by atoms with E-state index in [1.54, 1.807) is 31.2 Å². The Hall–Kier alpha value is -2.30. The normalized spacial score (nSPS) is 11.2. The van der Waals surface area contributed by atoms with Crippen LogP contribution < -0.4 is 5.32 Å². The number of carboxylic acid groups (broad SMARTS) is 1. The zero-order valence-electron chi connectivity index (χ0n) is 12.1. The van der Waals surface area contributed by atoms with Crippen LogP contribution in [-0.4, -0.2) is 17.0 Å². The molecule has 6 heteroatoms. The zero-order chi connectivity index (χ0) is 17.0. The van der Waals surface area contributed by atoms with Gasteiger partial charge < -0.3 is 10.4 Å². The Labute approximate surface area is 143 Å². The summed E-state index contributed by atoms with van der Waals surface area (Å²) < 4.78 is 0. The molecule has 23 heavy (non-hydrogen) atoms. The zero-order valence-corrected chi connectivity index (χ0v) is 13.7. The third-order valence-corrected chi connectivity index (χ3v) is 3.52. The maximum Gasteiger partial charge on any atom is 0.337 e. The molecule has 4 nitrogen and oxygen atoms in total. The molecule has 0 aromatic heterocycles. The van der Waals surface area contributed by atoms with Crippen molar-refractivity contribution in [2.75, 3.05) is 5.32 Å². The number of rotatable bonds is 4. The van der Waals surface area contributed by atoms with Crippen LogP contribution >= 0.6 is 23.2 Å². The first-order valence-electron chi connectivity index (χ1n) is 6.65. The van der Waals surface area contributed by atoms with Crippen LogP contribution in [0.5, 0.6) is 0 Å². The van der Waals surface area contributed by atoms with Crippen LogP contribution in [0, 0.1) is 0 Å². The van der Waals surface area contributed by atoms with Gasteiger partial charge in [0.1, 0.15) is 0 Å². The maximum absolute atomic E-state index is 12.2. The van der Waals surface area contributed by atoms with Crippen molar-refractivity contribution < 1.29 is 14.7 Å². The predicted octanol–water partition coefficient (Wildman–Crippen LogP) is 4.73. The van der Waals surface area contributed by atoms with E-state index in [4.69, 9.17) is 28.3 Å². The van der Waals surface area contributed by atoms with Crippen molar-refractivity contribution in [3.05, 3.63) is 69.2 Å². The van der Waals surface area contributed by atoms with E-state index >= 15 is 0 Å². The van der Waals surface area contributed by atoms with Gasteiger partial charge in [0.05, 0.1) is 11.3 Å². The number of aromatic carboxylic acids is 1. The number of hydrogen-bond donors (Lipinski definition) is 2. The largest absolute Gasteiger partial charge is 0.478 e. The van der Waals surface area contributed by atoms with Gasteiger partial charge in [0.15, 0.2) is 0 Å². The lowest BCUT2D eigenvalue weighted by Gasteiger charge is -2.09. The summed E-state index contributed by atoms with van der Waals surface area (Å²) in [5.74, 6) is -1.57. The molecule has 0 aliphatic heterocycles. The molecule has 1 amide bonds. The van der Waals surface area contributed by atoms with Gasteiger partial charge in [0.25, 0.3) is 5.91 Å². The lowest BCUT2D eigenvalue weighted by atomic mass is 10.1. The number of hydrogen-bond acceptors (Lipinski definition) is 2. The topological polar surface area (TPSA) is 66.4 Å². The third kappa shape index (κ3) is 4.58. The van der Waals surface area contributed by atoms with Gasteiger partial charge >= 0.3 is 5.97 Å². The molecule has 2 aromatic rings. The van der Waals surface area contributed by atoms with E-state index in [1.807, 2.05) is 6.07 Å². The van der Waals surface area contributed by atoms with Gasteiger partial charge in [0.2, 0.25) is 0 Å². The molecule has 0 heterocycles. The SMILES string of the molecule is CC(=Cc1cccc(Cl)c1)C(=O)Nc1cc(Cl)ccc1C(=O)O. The number of amides is 1. The minimum absolute atomic E-state index is 0.0293. The van der Waals surface area contributed by atoms with Crippen molar-refractivity contribution in [3.63, 3.8) is 0 Å². The van der Waals surface area contributed by atoms with Crippen LogP contribution in [0.1, 0.15) is 22.8 Å². The molecule has 0 unspecified atom stereocenters. The fourth-order valence-electron chi connectivity index (χ4n) is 1.94. The Kier molecular flexibility index (Phi) is 5.42. The summed E-state index contributed by atoms with van der Waals surface area (Å²) in [7, 11) is 0. The molecule has 0 atom stereocenters. The summed E-state index contributed by atoms with van der Waals surface area (Å²) in [5, 5.41) is 12.6. The summed E-state index contributed by atoms with van der Waals surface area (Å²) in [5.41, 5.74) is 1.30. The summed E-state index contributed by atoms with van der Waals surface area (Å²) in [6.07, 6.45) is 1.66. The van der Waals surface area contributed by atoms with E-state index in [2.05, 4.69) is 5.32 Å². The molecule has 0 fully saturated rings. The molecule has 2 N–H and O–H groups in total. The molecule has 118 valence electrons. The number of carbonyl (C=O) groups excluding carboxylic acids is 1. The van der Waals surface area contributed by atoms with Crippen LogP contribution in [0.2, 0.25) is 10.0 Å². The number of carbonyl (C=O) groups is 2. The van der Waals surface area contributed by atoms with Crippen LogP contribution in [-0.2, 0) is 4.79 Å². The van der Waals surface area contributed by atoms with E-state index in [0.717, 1.165) is 5.56 Å². The molecule has 0 aliphatic carbocycles. The third-order valence-electron chi connectivity index (χ3n) is 3.05. The smallest absolute Gasteiger partial charge is 0.337 e. The van der Waals surface area contributed by atoms with E-state index in [1.165, 1.54) is 18.2 Å². The first-order valence-corrected chi connectivity index (χ1v) is 7.40. The predicted molar refractivity (Wildman–Crippen MR) is 92.1 cm³/mol. The fraction of sp³-hybridized carbons (Fsp3) is 0.0588. The molecule has 0 saturated heterocycles. The fourth-order valence-corrected chi connectivity index (χ4v) is 2.31. The second-order valence-electron chi connectivity index (χ2n) is 4.83. The average Bonchev–Trinajstić information content (AvgIpc) is 2.46. The van der Waals surface area contributed by atoms with E-state index in [0.29, 0.717) is 15.6 Å². The van der Waals surface area contributed by atoms with E-state index < -0.39 is 11.9 Å². The number of halogens is 2. The number of anilines is 1. The molecule has 0 spiro atoms. The van der Waals surface area contributed by atoms with Crippen molar-refractivity contribution in [3.8, 4) is 0 Å². The van der Waals surface area contributed by atoms with Crippen molar-refractivity contribution in [2.24, 2.45) is 0 Å². The standard InChI is InChI=1S/C17H13Cl2NO3/c1-10(7-11-3-2-4-12(18)8-11)16(21)20-15-9-13(19)5-6-14(15)17(22)23/h2-9H,1H3,(H,20,21)(H,22,23). The Morgan fingerprint density at radius 3 is 2.43 bits per heavy atom. The van der Waals surface area contributed by atoms with Gasteiger partial charge in [-0.15, -0.1) is 0 Å². The Morgan fingerprint density at radius 1 is 1.09 bits per heavy atom. The number of benzene rings is 2. The van der Waals surface area contributed by atoms with Gasteiger partial charge in [-0.05, 0) is 48.9 Å². The van der Waals surface area contributed by atoms with Gasteiger partial charge in [-0.1, -0.05) is 35.3 Å². The lowest BCUT2D eigenvalue weighted by Crippen LogP contribution is -2.15. The van der Waals surface area contributed by atoms with Crippen molar-refractivity contribution in [1.82, 2.24) is 0 Å². The molecule has 2 aromatic carbocycles. The summed E-state index contributed by atoms with van der Waals surface area (Å²) in [4.78, 5) is 23.4. The molecule has 2 rings (SSSR count). The van der Waals surface area contributed by atoms with Crippen LogP contribution in [0.25, 0.3) is 6.08 Å². The van der Waals surface area contributed by atoms with Gasteiger partial charge in [-0.25, -0.2) is 4.79 Å². The van der Waals surface area contributed by atoms with E-state index in [-0.39, 0.29) is 11.3 Å². The highest BCUT2D eigenvalue weighted by Crippen LogP contribution is 2.22. The minimum Gasteiger partial charge on any atom is -0.478 e. The second kappa shape index (κ2) is 7.31. The highest BCUT2D eigenvalue weighted by molar-refractivity contribution is 6.31. The Bertz CT molecular complexity index is 800. The number of nitrogens with one attached hydrogen (secondary N) is 1. The highest BCUT2D eigenvalue weighted by Gasteiger charge is 2.14. The first kappa shape index (κ1) is 17.1. The quantitative estimate of drug-likeness (QED) is 0.783. The van der Waals surface area contributed by atoms with Crippen molar-refractivity contribution in [1.29, 1.82) is 0 Å². The summed E-state index contributed by atoms with van der Waals surface area (Å²) in [6.45, 7) is 1.63. The summed E-state index contributed by atoms with van der Waals surface area (Å²) in [6, 6.07) is 11.2. The van der Waals surface area contributed by atoms with Crippen LogP contribution in [0.15, 0.2) is 48.0 Å². The number of carboxylic acids is 1. The molecule has 0 bridgehead atoms. The Balaban J connectivity index is 2.25. The average molecular weight is 350 g/mol. The molecule has 0 saturated carbocycles. The molecule has 0 aliphatic rings. The molecular weight excluding hydrogens is 337 g/mol. The second-order valence-corrected chi connectivity index (χ2v) is 5.70. The minimum atomic E-state index is -1.14. The van der Waals surface area contributed by atoms with Gasteiger partial charge in [-0.2, -0.15) is 0 Å². The van der Waals surface area contributed by atoms with Crippen LogP contribution in [0.4, 0.5) is 5.69 Å². The van der Waals surface area contributed by atoms with Crippen molar-refractivity contribution >= 4 is 46.8 Å². The van der Waals surface area contributed by atoms with Crippen LogP contribution in [0.3, 0.4) is 0 Å². The summed E-state index contributed by atoms with van der Waals surface area (Å²) >= 11 is 11.8. The highest BCUT2D eigenvalue weighted by atomic mass is 35.5. The molecule has 0 radical (unpaired) electrons. The maximum atomic E-state index is 12.2. The van der Waals surface area contributed by atoms with Gasteiger partial charge in [-0.3, -0.25) is 4.79 Å². The lowest BCUT2D eigenvalue weighted by molar-refractivity contribution is -0.112. The molecular formula is C17H13Cl2NO3. The monoisotopic (exact) mass is 349 g/mol.